The first kappa shape index (κ1) is 17.6. The third-order valence-electron chi connectivity index (χ3n) is 3.46. The summed E-state index contributed by atoms with van der Waals surface area (Å²) in [4.78, 5) is 23.3. The van der Waals surface area contributed by atoms with E-state index in [1.165, 1.54) is 23.1 Å². The zero-order valence-electron chi connectivity index (χ0n) is 12.9. The predicted molar refractivity (Wildman–Crippen MR) is 91.1 cm³/mol. The molecule has 1 heterocycles. The fraction of sp³-hybridized carbons (Fsp3) is 0.294. The minimum Gasteiger partial charge on any atom is -0.459 e. The minimum atomic E-state index is -0.437. The van der Waals surface area contributed by atoms with Crippen LogP contribution in [0.5, 0.6) is 0 Å². The fourth-order valence-corrected chi connectivity index (χ4v) is 2.72. The molecule has 0 N–H and O–H groups in total. The lowest BCUT2D eigenvalue weighted by Crippen LogP contribution is -2.26. The number of esters is 1. The summed E-state index contributed by atoms with van der Waals surface area (Å²) in [5.41, 5.74) is 2.37. The van der Waals surface area contributed by atoms with Gasteiger partial charge in [0, 0.05) is 13.5 Å². The molecule has 6 heteroatoms. The Bertz CT molecular complexity index is 767. The topological polar surface area (TPSA) is 48.3 Å². The Balaban J connectivity index is 2.29. The molecule has 0 fully saturated rings. The summed E-state index contributed by atoms with van der Waals surface area (Å²) in [6.07, 6.45) is 0.643. The Morgan fingerprint density at radius 2 is 1.83 bits per heavy atom. The summed E-state index contributed by atoms with van der Waals surface area (Å²) in [5, 5.41) is 0.352. The summed E-state index contributed by atoms with van der Waals surface area (Å²) in [6, 6.07) is 9.44. The van der Waals surface area contributed by atoms with Gasteiger partial charge in [-0.2, -0.15) is 0 Å². The summed E-state index contributed by atoms with van der Waals surface area (Å²) in [6.45, 7) is 3.66. The first-order chi connectivity index (χ1) is 10.9. The predicted octanol–water partition coefficient (Wildman–Crippen LogP) is 3.77. The lowest BCUT2D eigenvalue weighted by atomic mass is 10.1. The largest absolute Gasteiger partial charge is 0.459 e. The van der Waals surface area contributed by atoms with E-state index in [4.69, 9.17) is 27.9 Å². The van der Waals surface area contributed by atoms with E-state index in [0.29, 0.717) is 23.7 Å². The van der Waals surface area contributed by atoms with Gasteiger partial charge in [0.25, 0.3) is 5.56 Å². The molecule has 0 aliphatic rings. The zero-order chi connectivity index (χ0) is 17.0. The maximum absolute atomic E-state index is 12.3. The van der Waals surface area contributed by atoms with Crippen LogP contribution in [0.4, 0.5) is 0 Å². The van der Waals surface area contributed by atoms with E-state index < -0.39 is 5.97 Å². The van der Waals surface area contributed by atoms with Gasteiger partial charge in [-0.05, 0) is 25.0 Å². The highest BCUT2D eigenvalue weighted by Crippen LogP contribution is 2.19. The maximum Gasteiger partial charge on any atom is 0.303 e. The number of aryl methyl sites for hydroxylation is 2. The number of hydrogen-bond donors (Lipinski definition) is 0. The second-order valence-corrected chi connectivity index (χ2v) is 6.07. The third kappa shape index (κ3) is 4.60. The van der Waals surface area contributed by atoms with Crippen molar-refractivity contribution in [1.29, 1.82) is 0 Å². The summed E-state index contributed by atoms with van der Waals surface area (Å²) in [7, 11) is 0. The SMILES string of the molecule is CC(=O)OCc1c(Cl)cc(Cl)c(=O)n1CCc1ccc(C)cc1. The van der Waals surface area contributed by atoms with Crippen molar-refractivity contribution in [2.24, 2.45) is 0 Å². The molecule has 0 aliphatic heterocycles. The molecule has 0 saturated heterocycles. The molecule has 0 radical (unpaired) electrons. The average molecular weight is 354 g/mol. The number of benzene rings is 1. The van der Waals surface area contributed by atoms with Gasteiger partial charge in [0.05, 0.1) is 10.7 Å². The van der Waals surface area contributed by atoms with Crippen molar-refractivity contribution < 1.29 is 9.53 Å². The molecule has 1 aromatic carbocycles. The van der Waals surface area contributed by atoms with Crippen molar-refractivity contribution in [1.82, 2.24) is 4.57 Å². The Morgan fingerprint density at radius 1 is 1.17 bits per heavy atom. The van der Waals surface area contributed by atoms with Crippen LogP contribution in [-0.2, 0) is 29.1 Å². The molecule has 0 aliphatic carbocycles. The molecule has 0 spiro atoms. The number of hydrogen-bond acceptors (Lipinski definition) is 3. The van der Waals surface area contributed by atoms with Crippen molar-refractivity contribution in [2.45, 2.75) is 33.4 Å². The smallest absolute Gasteiger partial charge is 0.303 e. The Hall–Kier alpha value is -1.78. The first-order valence-corrected chi connectivity index (χ1v) is 7.90. The molecule has 1 aromatic heterocycles. The molecule has 0 saturated carbocycles. The van der Waals surface area contributed by atoms with Crippen molar-refractivity contribution >= 4 is 29.2 Å². The molecular formula is C17H17Cl2NO3. The van der Waals surface area contributed by atoms with Crippen LogP contribution in [0, 0.1) is 6.92 Å². The first-order valence-electron chi connectivity index (χ1n) is 7.15. The van der Waals surface area contributed by atoms with Gasteiger partial charge in [-0.1, -0.05) is 53.0 Å². The molecule has 2 aromatic rings. The highest BCUT2D eigenvalue weighted by atomic mass is 35.5. The van der Waals surface area contributed by atoms with E-state index in [1.807, 2.05) is 31.2 Å². The van der Waals surface area contributed by atoms with E-state index in [2.05, 4.69) is 0 Å². The molecular weight excluding hydrogens is 337 g/mol. The lowest BCUT2D eigenvalue weighted by Gasteiger charge is -2.15. The van der Waals surface area contributed by atoms with Gasteiger partial charge in [0.2, 0.25) is 0 Å². The molecule has 0 atom stereocenters. The zero-order valence-corrected chi connectivity index (χ0v) is 14.4. The Labute approximate surface area is 144 Å². The Morgan fingerprint density at radius 3 is 2.43 bits per heavy atom. The van der Waals surface area contributed by atoms with E-state index >= 15 is 0 Å². The summed E-state index contributed by atoms with van der Waals surface area (Å²) < 4.78 is 6.45. The van der Waals surface area contributed by atoms with Gasteiger partial charge >= 0.3 is 5.97 Å². The van der Waals surface area contributed by atoms with Crippen molar-refractivity contribution in [3.63, 3.8) is 0 Å². The lowest BCUT2D eigenvalue weighted by molar-refractivity contribution is -0.142. The van der Waals surface area contributed by atoms with Crippen LogP contribution in [-0.4, -0.2) is 10.5 Å². The van der Waals surface area contributed by atoms with Crippen LogP contribution in [0.3, 0.4) is 0 Å². The standard InChI is InChI=1S/C17H17Cl2NO3/c1-11-3-5-13(6-4-11)7-8-20-16(10-23-12(2)21)14(18)9-15(19)17(20)22/h3-6,9H,7-8,10H2,1-2H3. The quantitative estimate of drug-likeness (QED) is 0.768. The molecule has 0 bridgehead atoms. The monoisotopic (exact) mass is 353 g/mol. The molecule has 23 heavy (non-hydrogen) atoms. The van der Waals surface area contributed by atoms with E-state index in [0.717, 1.165) is 5.56 Å². The highest BCUT2D eigenvalue weighted by Gasteiger charge is 2.14. The molecule has 0 amide bonds. The van der Waals surface area contributed by atoms with Gasteiger partial charge in [-0.15, -0.1) is 0 Å². The van der Waals surface area contributed by atoms with Gasteiger partial charge in [-0.25, -0.2) is 0 Å². The van der Waals surface area contributed by atoms with Crippen molar-refractivity contribution in [3.05, 3.63) is 67.6 Å². The van der Waals surface area contributed by atoms with Crippen LogP contribution < -0.4 is 5.56 Å². The van der Waals surface area contributed by atoms with Crippen LogP contribution in [0.25, 0.3) is 0 Å². The summed E-state index contributed by atoms with van der Waals surface area (Å²) in [5.74, 6) is -0.437. The van der Waals surface area contributed by atoms with Crippen LogP contribution in [0.1, 0.15) is 23.7 Å². The number of nitrogens with zero attached hydrogens (tertiary/aromatic N) is 1. The molecule has 2 rings (SSSR count). The number of carbonyl (C=O) groups excluding carboxylic acids is 1. The van der Waals surface area contributed by atoms with Gasteiger partial charge in [0.15, 0.2) is 0 Å². The second kappa shape index (κ2) is 7.66. The minimum absolute atomic E-state index is 0.0467. The average Bonchev–Trinajstić information content (AvgIpc) is 2.50. The molecule has 122 valence electrons. The van der Waals surface area contributed by atoms with Crippen molar-refractivity contribution in [2.75, 3.05) is 0 Å². The fourth-order valence-electron chi connectivity index (χ4n) is 2.19. The molecule has 0 unspecified atom stereocenters. The maximum atomic E-state index is 12.3. The van der Waals surface area contributed by atoms with Crippen LogP contribution in [0.2, 0.25) is 10.0 Å². The molecule has 4 nitrogen and oxygen atoms in total. The normalized spacial score (nSPS) is 10.6. The van der Waals surface area contributed by atoms with Crippen molar-refractivity contribution in [3.8, 4) is 0 Å². The highest BCUT2D eigenvalue weighted by molar-refractivity contribution is 6.34. The Kier molecular flexibility index (Phi) is 5.85. The number of aromatic nitrogens is 1. The van der Waals surface area contributed by atoms with Crippen LogP contribution in [0.15, 0.2) is 35.1 Å². The van der Waals surface area contributed by atoms with E-state index in [9.17, 15) is 9.59 Å². The summed E-state index contributed by atoms with van der Waals surface area (Å²) >= 11 is 12.1. The van der Waals surface area contributed by atoms with Gasteiger partial charge in [0.1, 0.15) is 11.6 Å². The number of rotatable bonds is 5. The second-order valence-electron chi connectivity index (χ2n) is 5.26. The number of pyridine rings is 1. The number of ether oxygens (including phenoxy) is 1. The number of carbonyl (C=O) groups is 1. The number of halogens is 2. The third-order valence-corrected chi connectivity index (χ3v) is 4.06. The van der Waals surface area contributed by atoms with E-state index in [1.54, 1.807) is 0 Å². The van der Waals surface area contributed by atoms with Gasteiger partial charge in [-0.3, -0.25) is 9.59 Å². The van der Waals surface area contributed by atoms with E-state index in [-0.39, 0.29) is 17.2 Å². The van der Waals surface area contributed by atoms with Crippen LogP contribution >= 0.6 is 23.2 Å². The van der Waals surface area contributed by atoms with Gasteiger partial charge < -0.3 is 9.30 Å².